The van der Waals surface area contributed by atoms with Gasteiger partial charge in [-0.2, -0.15) is 0 Å². The van der Waals surface area contributed by atoms with E-state index >= 15 is 0 Å². The lowest BCUT2D eigenvalue weighted by Gasteiger charge is -2.33. The van der Waals surface area contributed by atoms with Gasteiger partial charge in [-0.1, -0.05) is 0 Å². The molecule has 1 aliphatic heterocycles. The van der Waals surface area contributed by atoms with Crippen molar-refractivity contribution in [1.82, 2.24) is 10.2 Å². The van der Waals surface area contributed by atoms with Gasteiger partial charge in [-0.3, -0.25) is 9.59 Å². The smallest absolute Gasteiger partial charge is 0.332 e. The molecule has 2 rings (SSSR count). The van der Waals surface area contributed by atoms with Crippen LogP contribution in [0.5, 0.6) is 0 Å². The summed E-state index contributed by atoms with van der Waals surface area (Å²) in [5, 5.41) is 3.01. The predicted octanol–water partition coefficient (Wildman–Crippen LogP) is -0.606. The highest BCUT2D eigenvalue weighted by Crippen LogP contribution is 2.29. The lowest BCUT2D eigenvalue weighted by Crippen LogP contribution is -2.53. The third kappa shape index (κ3) is 4.17. The molecule has 1 atom stereocenters. The fourth-order valence-corrected chi connectivity index (χ4v) is 2.44. The number of rotatable bonds is 5. The van der Waals surface area contributed by atoms with Crippen LogP contribution in [-0.4, -0.2) is 54.5 Å². The van der Waals surface area contributed by atoms with Crippen LogP contribution in [0.25, 0.3) is 0 Å². The van der Waals surface area contributed by atoms with Gasteiger partial charge in [0.2, 0.25) is 5.91 Å². The first kappa shape index (κ1) is 15.8. The lowest BCUT2D eigenvalue weighted by atomic mass is 10.0. The van der Waals surface area contributed by atoms with E-state index in [0.29, 0.717) is 25.9 Å². The zero-order chi connectivity index (χ0) is 15.4. The summed E-state index contributed by atoms with van der Waals surface area (Å²) in [6.07, 6.45) is 3.36. The number of nitrogens with zero attached hydrogens (tertiary/aromatic N) is 1. The quantitative estimate of drug-likeness (QED) is 0.521. The van der Waals surface area contributed by atoms with Crippen molar-refractivity contribution in [3.63, 3.8) is 0 Å². The van der Waals surface area contributed by atoms with Gasteiger partial charge in [0.15, 0.2) is 6.04 Å². The Kier molecular flexibility index (Phi) is 5.17. The standard InChI is InChI=1S/C14H23N3O4/c1-2-21-14(20)11(15)13(19)17-7-5-10(6-8-17)16-12(18)9-3-4-9/h9-11H,2-8,15H2,1H3,(H,16,18). The Morgan fingerprint density at radius 1 is 1.24 bits per heavy atom. The Morgan fingerprint density at radius 3 is 2.38 bits per heavy atom. The molecular formula is C14H23N3O4. The second-order valence-corrected chi connectivity index (χ2v) is 5.61. The first-order valence-corrected chi connectivity index (χ1v) is 7.54. The molecule has 1 heterocycles. The fraction of sp³-hybridized carbons (Fsp3) is 0.786. The van der Waals surface area contributed by atoms with Crippen LogP contribution in [0, 0.1) is 5.92 Å². The highest BCUT2D eigenvalue weighted by Gasteiger charge is 2.34. The third-order valence-electron chi connectivity index (χ3n) is 3.91. The van der Waals surface area contributed by atoms with E-state index in [4.69, 9.17) is 10.5 Å². The molecule has 3 N–H and O–H groups in total. The molecule has 1 saturated carbocycles. The Labute approximate surface area is 124 Å². The van der Waals surface area contributed by atoms with Crippen molar-refractivity contribution in [1.29, 1.82) is 0 Å². The van der Waals surface area contributed by atoms with Crippen LogP contribution in [-0.2, 0) is 19.1 Å². The Balaban J connectivity index is 1.75. The second kappa shape index (κ2) is 6.89. The van der Waals surface area contributed by atoms with Gasteiger partial charge in [0.1, 0.15) is 0 Å². The second-order valence-electron chi connectivity index (χ2n) is 5.61. The van der Waals surface area contributed by atoms with Gasteiger partial charge in [-0.25, -0.2) is 4.79 Å². The summed E-state index contributed by atoms with van der Waals surface area (Å²) in [7, 11) is 0. The fourth-order valence-electron chi connectivity index (χ4n) is 2.44. The van der Waals surface area contributed by atoms with Gasteiger partial charge in [0.25, 0.3) is 5.91 Å². The van der Waals surface area contributed by atoms with Crippen LogP contribution < -0.4 is 11.1 Å². The Bertz CT molecular complexity index is 414. The van der Waals surface area contributed by atoms with E-state index in [0.717, 1.165) is 12.8 Å². The lowest BCUT2D eigenvalue weighted by molar-refractivity contribution is -0.151. The van der Waals surface area contributed by atoms with Crippen LogP contribution in [0.15, 0.2) is 0 Å². The molecule has 0 spiro atoms. The number of ether oxygens (including phenoxy) is 1. The molecule has 0 aromatic carbocycles. The minimum absolute atomic E-state index is 0.112. The van der Waals surface area contributed by atoms with Crippen LogP contribution >= 0.6 is 0 Å². The van der Waals surface area contributed by atoms with Crippen molar-refractivity contribution in [2.45, 2.75) is 44.7 Å². The van der Waals surface area contributed by atoms with E-state index in [1.807, 2.05) is 0 Å². The van der Waals surface area contributed by atoms with E-state index in [2.05, 4.69) is 5.32 Å². The summed E-state index contributed by atoms with van der Waals surface area (Å²) in [4.78, 5) is 36.8. The minimum atomic E-state index is -1.25. The van der Waals surface area contributed by atoms with Gasteiger partial charge < -0.3 is 20.7 Å². The Morgan fingerprint density at radius 2 is 1.86 bits per heavy atom. The number of carbonyl (C=O) groups excluding carboxylic acids is 3. The van der Waals surface area contributed by atoms with Crippen molar-refractivity contribution >= 4 is 17.8 Å². The third-order valence-corrected chi connectivity index (χ3v) is 3.91. The van der Waals surface area contributed by atoms with Crippen LogP contribution in [0.2, 0.25) is 0 Å². The zero-order valence-electron chi connectivity index (χ0n) is 12.3. The highest BCUT2D eigenvalue weighted by atomic mass is 16.5. The maximum atomic E-state index is 12.1. The molecule has 0 bridgehead atoms. The van der Waals surface area contributed by atoms with E-state index in [9.17, 15) is 14.4 Å². The molecule has 1 saturated heterocycles. The van der Waals surface area contributed by atoms with Gasteiger partial charge in [0.05, 0.1) is 6.61 Å². The molecule has 21 heavy (non-hydrogen) atoms. The first-order chi connectivity index (χ1) is 10.0. The summed E-state index contributed by atoms with van der Waals surface area (Å²) < 4.78 is 4.75. The van der Waals surface area contributed by atoms with E-state index in [1.54, 1.807) is 11.8 Å². The average molecular weight is 297 g/mol. The van der Waals surface area contributed by atoms with E-state index in [1.165, 1.54) is 0 Å². The molecule has 0 aromatic rings. The number of carbonyl (C=O) groups is 3. The summed E-state index contributed by atoms with van der Waals surface area (Å²) in [5.41, 5.74) is 5.61. The normalized spacial score (nSPS) is 20.8. The molecule has 2 fully saturated rings. The number of piperidine rings is 1. The zero-order valence-corrected chi connectivity index (χ0v) is 12.3. The molecule has 118 valence electrons. The monoisotopic (exact) mass is 297 g/mol. The van der Waals surface area contributed by atoms with Crippen molar-refractivity contribution in [2.75, 3.05) is 19.7 Å². The molecular weight excluding hydrogens is 274 g/mol. The molecule has 0 aromatic heterocycles. The predicted molar refractivity (Wildman–Crippen MR) is 75.1 cm³/mol. The van der Waals surface area contributed by atoms with Gasteiger partial charge in [0, 0.05) is 25.0 Å². The molecule has 1 aliphatic carbocycles. The maximum absolute atomic E-state index is 12.1. The maximum Gasteiger partial charge on any atom is 0.332 e. The van der Waals surface area contributed by atoms with Crippen molar-refractivity contribution in [2.24, 2.45) is 11.7 Å². The number of amides is 2. The average Bonchev–Trinajstić information content (AvgIpc) is 3.31. The number of hydrogen-bond donors (Lipinski definition) is 2. The van der Waals surface area contributed by atoms with Crippen molar-refractivity contribution in [3.8, 4) is 0 Å². The highest BCUT2D eigenvalue weighted by molar-refractivity contribution is 6.01. The summed E-state index contributed by atoms with van der Waals surface area (Å²) in [6.45, 7) is 2.88. The largest absolute Gasteiger partial charge is 0.464 e. The minimum Gasteiger partial charge on any atom is -0.464 e. The van der Waals surface area contributed by atoms with Crippen LogP contribution in [0.1, 0.15) is 32.6 Å². The van der Waals surface area contributed by atoms with Gasteiger partial charge in [-0.15, -0.1) is 0 Å². The molecule has 7 heteroatoms. The van der Waals surface area contributed by atoms with Crippen molar-refractivity contribution in [3.05, 3.63) is 0 Å². The first-order valence-electron chi connectivity index (χ1n) is 7.54. The number of likely N-dealkylation sites (tertiary alicyclic amines) is 1. The van der Waals surface area contributed by atoms with Gasteiger partial charge >= 0.3 is 5.97 Å². The molecule has 1 unspecified atom stereocenters. The van der Waals surface area contributed by atoms with Gasteiger partial charge in [-0.05, 0) is 32.6 Å². The SMILES string of the molecule is CCOC(=O)C(N)C(=O)N1CCC(NC(=O)C2CC2)CC1. The van der Waals surface area contributed by atoms with E-state index in [-0.39, 0.29) is 24.5 Å². The Hall–Kier alpha value is -1.63. The molecule has 2 aliphatic rings. The summed E-state index contributed by atoms with van der Waals surface area (Å²) >= 11 is 0. The summed E-state index contributed by atoms with van der Waals surface area (Å²) in [6, 6.07) is -1.14. The molecule has 2 amide bonds. The number of esters is 1. The number of nitrogens with two attached hydrogens (primary N) is 1. The van der Waals surface area contributed by atoms with Crippen LogP contribution in [0.4, 0.5) is 0 Å². The van der Waals surface area contributed by atoms with Crippen molar-refractivity contribution < 1.29 is 19.1 Å². The molecule has 0 radical (unpaired) electrons. The number of hydrogen-bond acceptors (Lipinski definition) is 5. The topological polar surface area (TPSA) is 102 Å². The van der Waals surface area contributed by atoms with Crippen LogP contribution in [0.3, 0.4) is 0 Å². The summed E-state index contributed by atoms with van der Waals surface area (Å²) in [5.74, 6) is -0.767. The van der Waals surface area contributed by atoms with E-state index < -0.39 is 17.9 Å². The molecule has 7 nitrogen and oxygen atoms in total. The number of nitrogens with one attached hydrogen (secondary N) is 1.